The van der Waals surface area contributed by atoms with Crippen molar-refractivity contribution in [1.82, 2.24) is 15.5 Å². The van der Waals surface area contributed by atoms with Crippen LogP contribution in [0.1, 0.15) is 18.5 Å². The average molecular weight is 328 g/mol. The van der Waals surface area contributed by atoms with Gasteiger partial charge in [-0.2, -0.15) is 0 Å². The molecule has 7 heteroatoms. The fourth-order valence-corrected chi connectivity index (χ4v) is 2.52. The van der Waals surface area contributed by atoms with E-state index >= 15 is 0 Å². The van der Waals surface area contributed by atoms with Crippen LogP contribution in [0.5, 0.6) is 5.75 Å². The summed E-state index contributed by atoms with van der Waals surface area (Å²) in [5.74, 6) is 0.485. The minimum atomic E-state index is -0.202. The SMILES string of the molecule is COc1ccccc1C1CNCCN1C(=O)CNC(C)=O.Cl. The van der Waals surface area contributed by atoms with Gasteiger partial charge in [-0.15, -0.1) is 12.4 Å². The zero-order valence-electron chi connectivity index (χ0n) is 12.8. The van der Waals surface area contributed by atoms with Crippen LogP contribution in [0.2, 0.25) is 0 Å². The maximum absolute atomic E-state index is 12.3. The van der Waals surface area contributed by atoms with Gasteiger partial charge in [0, 0.05) is 32.1 Å². The molecule has 2 N–H and O–H groups in total. The standard InChI is InChI=1S/C15H21N3O3.ClH/c1-11(19)17-10-15(20)18-8-7-16-9-13(18)12-5-3-4-6-14(12)21-2;/h3-6,13,16H,7-10H2,1-2H3,(H,17,19);1H. The molecule has 22 heavy (non-hydrogen) atoms. The number of methoxy groups -OCH3 is 1. The van der Waals surface area contributed by atoms with E-state index in [1.165, 1.54) is 6.92 Å². The Kier molecular flexibility index (Phi) is 7.14. The average Bonchev–Trinajstić information content (AvgIpc) is 2.52. The van der Waals surface area contributed by atoms with Gasteiger partial charge in [0.05, 0.1) is 19.7 Å². The first-order valence-electron chi connectivity index (χ1n) is 7.01. The lowest BCUT2D eigenvalue weighted by Crippen LogP contribution is -2.51. The first-order valence-corrected chi connectivity index (χ1v) is 7.01. The number of hydrogen-bond donors (Lipinski definition) is 2. The van der Waals surface area contributed by atoms with E-state index in [9.17, 15) is 9.59 Å². The molecule has 1 saturated heterocycles. The third-order valence-corrected chi connectivity index (χ3v) is 3.55. The molecule has 2 rings (SSSR count). The molecule has 0 aromatic heterocycles. The second-order valence-electron chi connectivity index (χ2n) is 4.96. The van der Waals surface area contributed by atoms with Crippen LogP contribution in [0.25, 0.3) is 0 Å². The highest BCUT2D eigenvalue weighted by Gasteiger charge is 2.29. The number of carbonyl (C=O) groups is 2. The summed E-state index contributed by atoms with van der Waals surface area (Å²) >= 11 is 0. The predicted molar refractivity (Wildman–Crippen MR) is 86.2 cm³/mol. The van der Waals surface area contributed by atoms with E-state index in [0.717, 1.165) is 17.9 Å². The Balaban J connectivity index is 0.00000242. The fraction of sp³-hybridized carbons (Fsp3) is 0.467. The van der Waals surface area contributed by atoms with Crippen molar-refractivity contribution in [1.29, 1.82) is 0 Å². The number of ether oxygens (including phenoxy) is 1. The van der Waals surface area contributed by atoms with Crippen LogP contribution >= 0.6 is 12.4 Å². The van der Waals surface area contributed by atoms with E-state index in [1.54, 1.807) is 12.0 Å². The van der Waals surface area contributed by atoms with Crippen LogP contribution in [-0.2, 0) is 9.59 Å². The first-order chi connectivity index (χ1) is 10.1. The Morgan fingerprint density at radius 1 is 1.41 bits per heavy atom. The van der Waals surface area contributed by atoms with Gasteiger partial charge >= 0.3 is 0 Å². The lowest BCUT2D eigenvalue weighted by Gasteiger charge is -2.37. The third-order valence-electron chi connectivity index (χ3n) is 3.55. The van der Waals surface area contributed by atoms with E-state index in [0.29, 0.717) is 13.1 Å². The molecule has 1 heterocycles. The van der Waals surface area contributed by atoms with Crippen molar-refractivity contribution in [2.24, 2.45) is 0 Å². The maximum Gasteiger partial charge on any atom is 0.242 e. The monoisotopic (exact) mass is 327 g/mol. The molecule has 0 aliphatic carbocycles. The number of amides is 2. The van der Waals surface area contributed by atoms with Gasteiger partial charge in [-0.3, -0.25) is 9.59 Å². The summed E-state index contributed by atoms with van der Waals surface area (Å²) in [6.45, 7) is 3.47. The molecule has 1 fully saturated rings. The zero-order chi connectivity index (χ0) is 15.2. The van der Waals surface area contributed by atoms with Crippen molar-refractivity contribution < 1.29 is 14.3 Å². The summed E-state index contributed by atoms with van der Waals surface area (Å²) in [4.78, 5) is 25.1. The Morgan fingerprint density at radius 2 is 2.14 bits per heavy atom. The largest absolute Gasteiger partial charge is 0.496 e. The number of rotatable bonds is 4. The van der Waals surface area contributed by atoms with Gasteiger partial charge in [-0.25, -0.2) is 0 Å². The van der Waals surface area contributed by atoms with E-state index < -0.39 is 0 Å². The highest BCUT2D eigenvalue weighted by Crippen LogP contribution is 2.30. The molecule has 1 aromatic rings. The van der Waals surface area contributed by atoms with Gasteiger partial charge in [0.2, 0.25) is 11.8 Å². The van der Waals surface area contributed by atoms with E-state index in [-0.39, 0.29) is 36.8 Å². The Labute approximate surface area is 136 Å². The van der Waals surface area contributed by atoms with E-state index in [4.69, 9.17) is 4.74 Å². The summed E-state index contributed by atoms with van der Waals surface area (Å²) in [7, 11) is 1.62. The lowest BCUT2D eigenvalue weighted by atomic mass is 10.0. The molecule has 2 amide bonds. The van der Waals surface area contributed by atoms with Crippen molar-refractivity contribution in [2.75, 3.05) is 33.3 Å². The van der Waals surface area contributed by atoms with Crippen molar-refractivity contribution >= 4 is 24.2 Å². The van der Waals surface area contributed by atoms with Crippen LogP contribution in [0.4, 0.5) is 0 Å². The van der Waals surface area contributed by atoms with Crippen LogP contribution in [0, 0.1) is 0 Å². The smallest absolute Gasteiger partial charge is 0.242 e. The molecule has 6 nitrogen and oxygen atoms in total. The Hall–Kier alpha value is -1.79. The fourth-order valence-electron chi connectivity index (χ4n) is 2.52. The van der Waals surface area contributed by atoms with Crippen LogP contribution < -0.4 is 15.4 Å². The zero-order valence-corrected chi connectivity index (χ0v) is 13.6. The first kappa shape index (κ1) is 18.3. The van der Waals surface area contributed by atoms with E-state index in [2.05, 4.69) is 10.6 Å². The Bertz CT molecular complexity index is 525. The van der Waals surface area contributed by atoms with Crippen molar-refractivity contribution in [3.05, 3.63) is 29.8 Å². The number of nitrogens with one attached hydrogen (secondary N) is 2. The second-order valence-corrected chi connectivity index (χ2v) is 4.96. The molecular formula is C15H22ClN3O3. The molecule has 1 unspecified atom stereocenters. The normalized spacial score (nSPS) is 17.4. The number of piperazine rings is 1. The number of nitrogens with zero attached hydrogens (tertiary/aromatic N) is 1. The number of carbonyl (C=O) groups excluding carboxylic acids is 2. The predicted octanol–water partition coefficient (Wildman–Crippen LogP) is 0.726. The topological polar surface area (TPSA) is 70.7 Å². The molecule has 1 atom stereocenters. The molecule has 1 aromatic carbocycles. The summed E-state index contributed by atoms with van der Waals surface area (Å²) in [5, 5.41) is 5.86. The molecule has 0 bridgehead atoms. The van der Waals surface area contributed by atoms with Crippen LogP contribution in [0.15, 0.2) is 24.3 Å². The number of halogens is 1. The molecule has 0 radical (unpaired) electrons. The second kappa shape index (κ2) is 8.60. The summed E-state index contributed by atoms with van der Waals surface area (Å²) < 4.78 is 5.39. The summed E-state index contributed by atoms with van der Waals surface area (Å²) in [6.07, 6.45) is 0. The number of benzene rings is 1. The maximum atomic E-state index is 12.3. The summed E-state index contributed by atoms with van der Waals surface area (Å²) in [5.41, 5.74) is 0.975. The minimum Gasteiger partial charge on any atom is -0.496 e. The van der Waals surface area contributed by atoms with Gasteiger partial charge in [-0.05, 0) is 6.07 Å². The molecule has 122 valence electrons. The van der Waals surface area contributed by atoms with Gasteiger partial charge in [0.15, 0.2) is 0 Å². The minimum absolute atomic E-state index is 0. The molecule has 1 aliphatic rings. The molecule has 1 aliphatic heterocycles. The van der Waals surface area contributed by atoms with Gasteiger partial charge in [-0.1, -0.05) is 18.2 Å². The number of para-hydroxylation sites is 1. The van der Waals surface area contributed by atoms with Crippen molar-refractivity contribution in [2.45, 2.75) is 13.0 Å². The van der Waals surface area contributed by atoms with Crippen LogP contribution in [-0.4, -0.2) is 50.0 Å². The quantitative estimate of drug-likeness (QED) is 0.855. The van der Waals surface area contributed by atoms with Crippen molar-refractivity contribution in [3.63, 3.8) is 0 Å². The third kappa shape index (κ3) is 4.35. The molecule has 0 spiro atoms. The Morgan fingerprint density at radius 3 is 2.82 bits per heavy atom. The summed E-state index contributed by atoms with van der Waals surface area (Å²) in [6, 6.07) is 7.61. The van der Waals surface area contributed by atoms with Gasteiger partial charge in [0.25, 0.3) is 0 Å². The molecule has 0 saturated carbocycles. The highest BCUT2D eigenvalue weighted by molar-refractivity contribution is 5.85. The highest BCUT2D eigenvalue weighted by atomic mass is 35.5. The number of hydrogen-bond acceptors (Lipinski definition) is 4. The van der Waals surface area contributed by atoms with Crippen molar-refractivity contribution in [3.8, 4) is 5.75 Å². The van der Waals surface area contributed by atoms with Gasteiger partial charge in [0.1, 0.15) is 5.75 Å². The van der Waals surface area contributed by atoms with Crippen LogP contribution in [0.3, 0.4) is 0 Å². The van der Waals surface area contributed by atoms with Gasteiger partial charge < -0.3 is 20.3 Å². The lowest BCUT2D eigenvalue weighted by molar-refractivity contribution is -0.135. The molecular weight excluding hydrogens is 306 g/mol. The van der Waals surface area contributed by atoms with E-state index in [1.807, 2.05) is 24.3 Å².